The lowest BCUT2D eigenvalue weighted by molar-refractivity contribution is 0.254. The van der Waals surface area contributed by atoms with Crippen LogP contribution in [0.5, 0.6) is 5.75 Å². The molecular weight excluding hydrogens is 222 g/mol. The van der Waals surface area contributed by atoms with Crippen molar-refractivity contribution in [1.29, 1.82) is 0 Å². The molecule has 18 heavy (non-hydrogen) atoms. The second-order valence-electron chi connectivity index (χ2n) is 6.18. The topological polar surface area (TPSA) is 35.2 Å². The third-order valence-corrected chi connectivity index (χ3v) is 5.17. The number of rotatable bonds is 1. The normalized spacial score (nSPS) is 34.6. The molecule has 2 bridgehead atoms. The summed E-state index contributed by atoms with van der Waals surface area (Å²) in [6.45, 7) is 2.36. The summed E-state index contributed by atoms with van der Waals surface area (Å²) >= 11 is 0. The maximum absolute atomic E-state index is 6.57. The van der Waals surface area contributed by atoms with Gasteiger partial charge in [-0.25, -0.2) is 0 Å². The largest absolute Gasteiger partial charge is 0.497 e. The van der Waals surface area contributed by atoms with E-state index in [4.69, 9.17) is 10.5 Å². The molecule has 1 aromatic rings. The van der Waals surface area contributed by atoms with Gasteiger partial charge in [0.1, 0.15) is 5.75 Å². The summed E-state index contributed by atoms with van der Waals surface area (Å²) in [7, 11) is 1.74. The van der Waals surface area contributed by atoms with Crippen LogP contribution >= 0.6 is 0 Å². The zero-order valence-corrected chi connectivity index (χ0v) is 11.4. The van der Waals surface area contributed by atoms with Gasteiger partial charge in [0.2, 0.25) is 0 Å². The summed E-state index contributed by atoms with van der Waals surface area (Å²) in [4.78, 5) is 0. The Hall–Kier alpha value is -1.02. The van der Waals surface area contributed by atoms with Crippen LogP contribution in [-0.4, -0.2) is 13.2 Å². The molecule has 2 heteroatoms. The number of ether oxygens (including phenoxy) is 1. The van der Waals surface area contributed by atoms with Gasteiger partial charge in [0.15, 0.2) is 0 Å². The van der Waals surface area contributed by atoms with Crippen molar-refractivity contribution >= 4 is 0 Å². The molecule has 0 heterocycles. The van der Waals surface area contributed by atoms with E-state index in [2.05, 4.69) is 25.1 Å². The Morgan fingerprint density at radius 2 is 2.17 bits per heavy atom. The summed E-state index contributed by atoms with van der Waals surface area (Å²) in [6, 6.07) is 6.87. The average Bonchev–Trinajstić information content (AvgIpc) is 2.48. The van der Waals surface area contributed by atoms with Crippen molar-refractivity contribution in [3.05, 3.63) is 29.3 Å². The molecule has 3 atom stereocenters. The summed E-state index contributed by atoms with van der Waals surface area (Å²) in [5.74, 6) is 1.63. The second-order valence-corrected chi connectivity index (χ2v) is 6.18. The van der Waals surface area contributed by atoms with Crippen molar-refractivity contribution in [2.45, 2.75) is 50.5 Å². The number of benzene rings is 1. The van der Waals surface area contributed by atoms with Crippen molar-refractivity contribution in [2.75, 3.05) is 7.11 Å². The molecule has 1 aromatic carbocycles. The van der Waals surface area contributed by atoms with Gasteiger partial charge in [-0.2, -0.15) is 0 Å². The van der Waals surface area contributed by atoms with E-state index in [1.807, 2.05) is 0 Å². The van der Waals surface area contributed by atoms with Crippen LogP contribution < -0.4 is 10.5 Å². The van der Waals surface area contributed by atoms with Crippen LogP contribution in [-0.2, 0) is 11.8 Å². The van der Waals surface area contributed by atoms with E-state index in [-0.39, 0.29) is 5.41 Å². The fourth-order valence-corrected chi connectivity index (χ4v) is 4.01. The first-order valence-corrected chi connectivity index (χ1v) is 7.08. The van der Waals surface area contributed by atoms with Crippen LogP contribution in [0.25, 0.3) is 0 Å². The third-order valence-electron chi connectivity index (χ3n) is 5.17. The molecule has 3 rings (SSSR count). The maximum atomic E-state index is 6.57. The standard InChI is InChI=1S/C16H23NO/c1-16-8-4-3-5-11(15(16)17)9-12-10-13(18-2)6-7-14(12)16/h6-7,10-11,15H,3-5,8-9,17H2,1-2H3/t11?,15?,16-/m1/s1. The summed E-state index contributed by atoms with van der Waals surface area (Å²) < 4.78 is 5.36. The smallest absolute Gasteiger partial charge is 0.119 e. The molecule has 1 saturated carbocycles. The third kappa shape index (κ3) is 1.66. The van der Waals surface area contributed by atoms with Crippen LogP contribution in [0.15, 0.2) is 18.2 Å². The van der Waals surface area contributed by atoms with Crippen molar-refractivity contribution in [3.8, 4) is 5.75 Å². The Kier molecular flexibility index (Phi) is 2.86. The lowest BCUT2D eigenvalue weighted by atomic mass is 9.63. The fourth-order valence-electron chi connectivity index (χ4n) is 4.01. The molecule has 0 amide bonds. The van der Waals surface area contributed by atoms with E-state index in [9.17, 15) is 0 Å². The molecule has 0 aliphatic heterocycles. The SMILES string of the molecule is COc1ccc2c(c1)CC1CCCC[C@@]2(C)C1N. The average molecular weight is 245 g/mol. The van der Waals surface area contributed by atoms with E-state index >= 15 is 0 Å². The fraction of sp³-hybridized carbons (Fsp3) is 0.625. The molecule has 98 valence electrons. The Morgan fingerprint density at radius 3 is 2.94 bits per heavy atom. The first-order valence-electron chi connectivity index (χ1n) is 7.08. The minimum absolute atomic E-state index is 0.168. The highest BCUT2D eigenvalue weighted by molar-refractivity contribution is 5.44. The monoisotopic (exact) mass is 245 g/mol. The van der Waals surface area contributed by atoms with Gasteiger partial charge >= 0.3 is 0 Å². The molecule has 2 unspecified atom stereocenters. The van der Waals surface area contributed by atoms with Gasteiger partial charge < -0.3 is 10.5 Å². The predicted molar refractivity (Wildman–Crippen MR) is 74.0 cm³/mol. The van der Waals surface area contributed by atoms with Crippen LogP contribution in [0.1, 0.15) is 43.7 Å². The number of fused-ring (bicyclic) bond motifs is 4. The minimum Gasteiger partial charge on any atom is -0.497 e. The Morgan fingerprint density at radius 1 is 1.33 bits per heavy atom. The molecule has 0 radical (unpaired) electrons. The summed E-state index contributed by atoms with van der Waals surface area (Å²) in [6.07, 6.45) is 6.28. The Bertz CT molecular complexity index is 456. The highest BCUT2D eigenvalue weighted by Gasteiger charge is 2.44. The van der Waals surface area contributed by atoms with Crippen molar-refractivity contribution in [2.24, 2.45) is 11.7 Å². The van der Waals surface area contributed by atoms with Gasteiger partial charge in [0.25, 0.3) is 0 Å². The Labute approximate surface area is 110 Å². The van der Waals surface area contributed by atoms with Gasteiger partial charge in [-0.1, -0.05) is 25.8 Å². The molecule has 2 aliphatic carbocycles. The number of hydrogen-bond acceptors (Lipinski definition) is 2. The number of nitrogens with two attached hydrogens (primary N) is 1. The van der Waals surface area contributed by atoms with Crippen molar-refractivity contribution < 1.29 is 4.74 Å². The highest BCUT2D eigenvalue weighted by atomic mass is 16.5. The Balaban J connectivity index is 2.11. The van der Waals surface area contributed by atoms with E-state index < -0.39 is 0 Å². The van der Waals surface area contributed by atoms with Crippen LogP contribution in [0.4, 0.5) is 0 Å². The van der Waals surface area contributed by atoms with Crippen LogP contribution in [0, 0.1) is 5.92 Å². The number of hydrogen-bond donors (Lipinski definition) is 1. The molecular formula is C16H23NO. The summed E-state index contributed by atoms with van der Waals surface area (Å²) in [5.41, 5.74) is 9.67. The van der Waals surface area contributed by atoms with E-state index in [0.717, 1.165) is 12.2 Å². The molecule has 1 fully saturated rings. The quantitative estimate of drug-likeness (QED) is 0.825. The molecule has 0 saturated heterocycles. The minimum atomic E-state index is 0.168. The first kappa shape index (κ1) is 12.0. The van der Waals surface area contributed by atoms with Gasteiger partial charge in [0.05, 0.1) is 7.11 Å². The molecule has 2 aliphatic rings. The second kappa shape index (κ2) is 4.27. The van der Waals surface area contributed by atoms with Crippen molar-refractivity contribution in [1.82, 2.24) is 0 Å². The lowest BCUT2D eigenvalue weighted by Crippen LogP contribution is -2.51. The molecule has 2 nitrogen and oxygen atoms in total. The van der Waals surface area contributed by atoms with Crippen molar-refractivity contribution in [3.63, 3.8) is 0 Å². The molecule has 2 N–H and O–H groups in total. The van der Waals surface area contributed by atoms with E-state index in [1.165, 1.54) is 36.8 Å². The molecule has 0 spiro atoms. The van der Waals surface area contributed by atoms with Crippen LogP contribution in [0.3, 0.4) is 0 Å². The zero-order chi connectivity index (χ0) is 12.8. The van der Waals surface area contributed by atoms with Gasteiger partial charge in [-0.15, -0.1) is 0 Å². The predicted octanol–water partition coefficient (Wildman–Crippen LogP) is 3.03. The van der Waals surface area contributed by atoms with Gasteiger partial charge in [-0.05, 0) is 48.4 Å². The zero-order valence-electron chi connectivity index (χ0n) is 11.4. The highest BCUT2D eigenvalue weighted by Crippen LogP contribution is 2.46. The van der Waals surface area contributed by atoms with Gasteiger partial charge in [0, 0.05) is 11.5 Å². The summed E-state index contributed by atoms with van der Waals surface area (Å²) in [5, 5.41) is 0. The number of methoxy groups -OCH3 is 1. The van der Waals surface area contributed by atoms with Crippen LogP contribution in [0.2, 0.25) is 0 Å². The lowest BCUT2D eigenvalue weighted by Gasteiger charge is -2.44. The van der Waals surface area contributed by atoms with E-state index in [0.29, 0.717) is 12.0 Å². The van der Waals surface area contributed by atoms with Gasteiger partial charge in [-0.3, -0.25) is 0 Å². The van der Waals surface area contributed by atoms with E-state index in [1.54, 1.807) is 7.11 Å². The first-order chi connectivity index (χ1) is 8.65. The maximum Gasteiger partial charge on any atom is 0.119 e. The molecule has 0 aromatic heterocycles.